The molecule has 2 aromatic rings. The highest BCUT2D eigenvalue weighted by Gasteiger charge is 2.03. The van der Waals surface area contributed by atoms with Gasteiger partial charge >= 0.3 is 0 Å². The van der Waals surface area contributed by atoms with Crippen molar-refractivity contribution in [1.29, 1.82) is 0 Å². The monoisotopic (exact) mass is 231 g/mol. The van der Waals surface area contributed by atoms with Crippen molar-refractivity contribution in [2.45, 2.75) is 0 Å². The van der Waals surface area contributed by atoms with Gasteiger partial charge in [0, 0.05) is 11.1 Å². The van der Waals surface area contributed by atoms with Crippen molar-refractivity contribution >= 4 is 38.5 Å². The van der Waals surface area contributed by atoms with Crippen LogP contribution >= 0.6 is 27.5 Å². The number of hydrogen-bond donors (Lipinski definition) is 0. The van der Waals surface area contributed by atoms with Crippen LogP contribution in [0.1, 0.15) is 0 Å². The fourth-order valence-electron chi connectivity index (χ4n) is 0.881. The molecule has 1 aromatic carbocycles. The van der Waals surface area contributed by atoms with Gasteiger partial charge in [0.15, 0.2) is 10.2 Å². The van der Waals surface area contributed by atoms with E-state index in [1.54, 1.807) is 12.1 Å². The van der Waals surface area contributed by atoms with Gasteiger partial charge in [0.1, 0.15) is 0 Å². The summed E-state index contributed by atoms with van der Waals surface area (Å²) >= 11 is 8.97. The van der Waals surface area contributed by atoms with Gasteiger partial charge in [0.2, 0.25) is 0 Å². The molecule has 2 rings (SSSR count). The zero-order chi connectivity index (χ0) is 7.84. The highest BCUT2D eigenvalue weighted by molar-refractivity contribution is 9.10. The molecule has 0 fully saturated rings. The Hall–Kier alpha value is -0.540. The molecule has 4 heteroatoms. The fraction of sp³-hybridized carbons (Fsp3) is 0. The normalized spacial score (nSPS) is 10.7. The van der Waals surface area contributed by atoms with Gasteiger partial charge in [-0.05, 0) is 28.1 Å². The number of rotatable bonds is 0. The molecule has 0 unspecified atom stereocenters. The standard InChI is InChI=1S/C7H3BrClNO/c8-7-5-2-1-4(9)3-6(5)11-10-7/h1-3H. The van der Waals surface area contributed by atoms with E-state index in [0.29, 0.717) is 15.2 Å². The Labute approximate surface area is 76.2 Å². The summed E-state index contributed by atoms with van der Waals surface area (Å²) in [7, 11) is 0. The number of nitrogens with zero attached hydrogens (tertiary/aromatic N) is 1. The smallest absolute Gasteiger partial charge is 0.169 e. The van der Waals surface area contributed by atoms with Crippen LogP contribution in [0.4, 0.5) is 0 Å². The maximum atomic E-state index is 5.72. The van der Waals surface area contributed by atoms with Gasteiger partial charge < -0.3 is 4.52 Å². The van der Waals surface area contributed by atoms with Gasteiger partial charge in [-0.3, -0.25) is 0 Å². The SMILES string of the molecule is Clc1ccc2c(Br)noc2c1. The van der Waals surface area contributed by atoms with Crippen molar-refractivity contribution < 1.29 is 4.52 Å². The van der Waals surface area contributed by atoms with Crippen molar-refractivity contribution in [3.8, 4) is 0 Å². The minimum atomic E-state index is 0.654. The molecule has 1 heterocycles. The molecule has 0 aliphatic rings. The average molecular weight is 232 g/mol. The van der Waals surface area contributed by atoms with E-state index in [1.807, 2.05) is 6.07 Å². The molecule has 0 saturated heterocycles. The van der Waals surface area contributed by atoms with E-state index in [2.05, 4.69) is 21.1 Å². The molecule has 0 amide bonds. The number of hydrogen-bond acceptors (Lipinski definition) is 2. The third-order valence-electron chi connectivity index (χ3n) is 1.39. The van der Waals surface area contributed by atoms with E-state index in [1.165, 1.54) is 0 Å². The molecule has 11 heavy (non-hydrogen) atoms. The van der Waals surface area contributed by atoms with E-state index in [-0.39, 0.29) is 0 Å². The van der Waals surface area contributed by atoms with Crippen LogP contribution in [-0.2, 0) is 0 Å². The van der Waals surface area contributed by atoms with Crippen LogP contribution in [0.2, 0.25) is 5.02 Å². The maximum Gasteiger partial charge on any atom is 0.169 e. The lowest BCUT2D eigenvalue weighted by molar-refractivity contribution is 0.451. The maximum absolute atomic E-state index is 5.72. The predicted molar refractivity (Wildman–Crippen MR) is 46.7 cm³/mol. The lowest BCUT2D eigenvalue weighted by atomic mass is 10.3. The minimum absolute atomic E-state index is 0.654. The van der Waals surface area contributed by atoms with Crippen LogP contribution < -0.4 is 0 Å². The second-order valence-corrected chi connectivity index (χ2v) is 3.30. The summed E-state index contributed by atoms with van der Waals surface area (Å²) in [6, 6.07) is 5.39. The fourth-order valence-corrected chi connectivity index (χ4v) is 1.44. The molecular formula is C7H3BrClNO. The van der Waals surface area contributed by atoms with E-state index in [9.17, 15) is 0 Å². The van der Waals surface area contributed by atoms with Crippen molar-refractivity contribution in [1.82, 2.24) is 5.16 Å². The first-order chi connectivity index (χ1) is 5.27. The van der Waals surface area contributed by atoms with Crippen molar-refractivity contribution in [2.75, 3.05) is 0 Å². The van der Waals surface area contributed by atoms with Crippen molar-refractivity contribution in [2.24, 2.45) is 0 Å². The molecule has 1 aromatic heterocycles. The summed E-state index contributed by atoms with van der Waals surface area (Å²) in [4.78, 5) is 0. The van der Waals surface area contributed by atoms with Crippen LogP contribution in [0.5, 0.6) is 0 Å². The molecular weight excluding hydrogens is 229 g/mol. The van der Waals surface area contributed by atoms with Crippen LogP contribution in [0.15, 0.2) is 27.3 Å². The minimum Gasteiger partial charge on any atom is -0.355 e. The molecule has 0 bridgehead atoms. The molecule has 0 N–H and O–H groups in total. The lowest BCUT2D eigenvalue weighted by Gasteiger charge is -1.86. The van der Waals surface area contributed by atoms with Crippen LogP contribution in [-0.4, -0.2) is 5.16 Å². The van der Waals surface area contributed by atoms with Crippen LogP contribution in [0, 0.1) is 0 Å². The number of fused-ring (bicyclic) bond motifs is 1. The van der Waals surface area contributed by atoms with Gasteiger partial charge in [0.05, 0.1) is 5.39 Å². The highest BCUT2D eigenvalue weighted by atomic mass is 79.9. The Morgan fingerprint density at radius 1 is 1.45 bits per heavy atom. The predicted octanol–water partition coefficient (Wildman–Crippen LogP) is 3.24. The molecule has 56 valence electrons. The third kappa shape index (κ3) is 1.14. The van der Waals surface area contributed by atoms with Crippen LogP contribution in [0.3, 0.4) is 0 Å². The van der Waals surface area contributed by atoms with Gasteiger partial charge in [0.25, 0.3) is 0 Å². The lowest BCUT2D eigenvalue weighted by Crippen LogP contribution is -1.64. The largest absolute Gasteiger partial charge is 0.355 e. The van der Waals surface area contributed by atoms with Crippen molar-refractivity contribution in [3.63, 3.8) is 0 Å². The summed E-state index contributed by atoms with van der Waals surface area (Å²) < 4.78 is 5.66. The number of halogens is 2. The Morgan fingerprint density at radius 2 is 2.27 bits per heavy atom. The Bertz CT molecular complexity index is 398. The first kappa shape index (κ1) is 7.13. The topological polar surface area (TPSA) is 26.0 Å². The first-order valence-electron chi connectivity index (χ1n) is 2.98. The third-order valence-corrected chi connectivity index (χ3v) is 2.20. The molecule has 0 radical (unpaired) electrons. The van der Waals surface area contributed by atoms with Gasteiger partial charge in [-0.15, -0.1) is 0 Å². The van der Waals surface area contributed by atoms with E-state index in [4.69, 9.17) is 16.1 Å². The Kier molecular flexibility index (Phi) is 1.62. The summed E-state index contributed by atoms with van der Waals surface area (Å²) in [5.74, 6) is 0. The molecule has 2 nitrogen and oxygen atoms in total. The molecule has 0 saturated carbocycles. The molecule has 0 aliphatic heterocycles. The Morgan fingerprint density at radius 3 is 3.09 bits per heavy atom. The molecule has 0 spiro atoms. The van der Waals surface area contributed by atoms with E-state index in [0.717, 1.165) is 5.39 Å². The quantitative estimate of drug-likeness (QED) is 0.697. The van der Waals surface area contributed by atoms with E-state index < -0.39 is 0 Å². The average Bonchev–Trinajstić information content (AvgIpc) is 2.32. The highest BCUT2D eigenvalue weighted by Crippen LogP contribution is 2.25. The summed E-state index contributed by atoms with van der Waals surface area (Å²) in [6.45, 7) is 0. The first-order valence-corrected chi connectivity index (χ1v) is 4.15. The second-order valence-electron chi connectivity index (χ2n) is 2.11. The Balaban J connectivity index is 2.86. The zero-order valence-corrected chi connectivity index (χ0v) is 7.69. The van der Waals surface area contributed by atoms with Gasteiger partial charge in [-0.25, -0.2) is 0 Å². The van der Waals surface area contributed by atoms with Crippen molar-refractivity contribution in [3.05, 3.63) is 27.8 Å². The number of benzene rings is 1. The molecule has 0 aliphatic carbocycles. The van der Waals surface area contributed by atoms with Crippen LogP contribution in [0.25, 0.3) is 11.0 Å². The summed E-state index contributed by atoms with van der Waals surface area (Å²) in [5.41, 5.74) is 0.698. The number of aromatic nitrogens is 1. The molecule has 0 atom stereocenters. The second kappa shape index (κ2) is 2.50. The van der Waals surface area contributed by atoms with Gasteiger partial charge in [-0.1, -0.05) is 16.8 Å². The van der Waals surface area contributed by atoms with Gasteiger partial charge in [-0.2, -0.15) is 0 Å². The summed E-state index contributed by atoms with van der Waals surface area (Å²) in [5, 5.41) is 5.31. The zero-order valence-electron chi connectivity index (χ0n) is 5.34. The van der Waals surface area contributed by atoms with E-state index >= 15 is 0 Å². The summed E-state index contributed by atoms with van der Waals surface area (Å²) in [6.07, 6.45) is 0.